The van der Waals surface area contributed by atoms with Crippen molar-refractivity contribution in [3.8, 4) is 23.0 Å². The van der Waals surface area contributed by atoms with Gasteiger partial charge in [0.2, 0.25) is 5.75 Å². The summed E-state index contributed by atoms with van der Waals surface area (Å²) in [5, 5.41) is 2.37. The Bertz CT molecular complexity index is 895. The van der Waals surface area contributed by atoms with Crippen LogP contribution in [0.3, 0.4) is 0 Å². The number of alkyl halides is 1. The number of hydrogen-bond acceptors (Lipinski definition) is 8. The van der Waals surface area contributed by atoms with Crippen molar-refractivity contribution >= 4 is 29.6 Å². The first-order valence-corrected chi connectivity index (χ1v) is 9.40. The summed E-state index contributed by atoms with van der Waals surface area (Å²) in [5.74, 6) is -0.0349. The number of carbonyl (C=O) groups is 2. The highest BCUT2D eigenvalue weighted by molar-refractivity contribution is 7.95. The summed E-state index contributed by atoms with van der Waals surface area (Å²) >= 11 is 0.793. The minimum Gasteiger partial charge on any atom is -0.495 e. The van der Waals surface area contributed by atoms with Crippen LogP contribution in [0.5, 0.6) is 23.0 Å². The zero-order valence-corrected chi connectivity index (χ0v) is 17.9. The molecule has 1 N–H and O–H groups in total. The van der Waals surface area contributed by atoms with Gasteiger partial charge >= 0.3 is 5.97 Å². The second kappa shape index (κ2) is 10.6. The Hall–Kier alpha value is -3.14. The quantitative estimate of drug-likeness (QED) is 0.589. The molecule has 0 aliphatic rings. The molecule has 8 nitrogen and oxygen atoms in total. The Kier molecular flexibility index (Phi) is 8.16. The van der Waals surface area contributed by atoms with E-state index in [2.05, 4.69) is 5.32 Å². The van der Waals surface area contributed by atoms with Crippen molar-refractivity contribution in [1.82, 2.24) is 0 Å². The van der Waals surface area contributed by atoms with Gasteiger partial charge in [-0.05, 0) is 25.1 Å². The van der Waals surface area contributed by atoms with Crippen LogP contribution >= 0.6 is 12.0 Å². The third kappa shape index (κ3) is 5.47. The fourth-order valence-corrected chi connectivity index (χ4v) is 2.98. The molecule has 0 aromatic heterocycles. The van der Waals surface area contributed by atoms with E-state index in [-0.39, 0.29) is 17.0 Å². The van der Waals surface area contributed by atoms with Gasteiger partial charge in [0.25, 0.3) is 5.91 Å². The fourth-order valence-electron chi connectivity index (χ4n) is 2.40. The van der Waals surface area contributed by atoms with Crippen LogP contribution < -0.4 is 24.3 Å². The molecule has 2 rings (SSSR count). The maximum atomic E-state index is 13.2. The van der Waals surface area contributed by atoms with Gasteiger partial charge in [-0.1, -0.05) is 0 Å². The Morgan fingerprint density at radius 2 is 1.53 bits per heavy atom. The number of rotatable bonds is 9. The van der Waals surface area contributed by atoms with Crippen molar-refractivity contribution in [3.05, 3.63) is 35.9 Å². The minimum absolute atomic E-state index is 0.137. The summed E-state index contributed by atoms with van der Waals surface area (Å²) in [7, 11) is 5.82. The molecule has 0 aliphatic carbocycles. The molecule has 2 aromatic rings. The predicted octanol–water partition coefficient (Wildman–Crippen LogP) is 3.88. The molecule has 10 heteroatoms. The molecule has 0 radical (unpaired) electrons. The Morgan fingerprint density at radius 1 is 0.933 bits per heavy atom. The predicted molar refractivity (Wildman–Crippen MR) is 110 cm³/mol. The lowest BCUT2D eigenvalue weighted by Gasteiger charge is -2.14. The van der Waals surface area contributed by atoms with Gasteiger partial charge in [0, 0.05) is 12.1 Å². The van der Waals surface area contributed by atoms with Crippen molar-refractivity contribution in [1.29, 1.82) is 0 Å². The number of nitrogens with one attached hydrogen (secondary N) is 1. The van der Waals surface area contributed by atoms with Crippen LogP contribution in [0.25, 0.3) is 0 Å². The molecule has 1 atom stereocenters. The van der Waals surface area contributed by atoms with E-state index < -0.39 is 18.0 Å². The number of halogens is 1. The summed E-state index contributed by atoms with van der Waals surface area (Å²) in [6, 6.07) is 7.53. The van der Waals surface area contributed by atoms with Gasteiger partial charge < -0.3 is 28.4 Å². The summed E-state index contributed by atoms with van der Waals surface area (Å²) in [6.07, 6.45) is -1.72. The van der Waals surface area contributed by atoms with E-state index in [1.54, 1.807) is 12.1 Å². The summed E-state index contributed by atoms with van der Waals surface area (Å²) < 4.78 is 39.4. The Labute approximate surface area is 177 Å². The van der Waals surface area contributed by atoms with Crippen LogP contribution in [0, 0.1) is 0 Å². The van der Waals surface area contributed by atoms with Gasteiger partial charge in [-0.25, -0.2) is 9.18 Å². The minimum atomic E-state index is -1.72. The van der Waals surface area contributed by atoms with Crippen molar-refractivity contribution in [3.63, 3.8) is 0 Å². The molecule has 0 spiro atoms. The van der Waals surface area contributed by atoms with E-state index >= 15 is 0 Å². The standard InChI is InChI=1S/C20H22FNO7S/c1-11(21)19(23)22-14-8-12(6-7-15(14)25-2)20(24)29-30-13-9-16(26-3)18(28-5)17(10-13)27-4/h6-11H,1-5H3,(H,22,23). The van der Waals surface area contributed by atoms with Crippen molar-refractivity contribution in [2.45, 2.75) is 18.0 Å². The number of ether oxygens (including phenoxy) is 4. The maximum absolute atomic E-state index is 13.2. The Balaban J connectivity index is 2.19. The fraction of sp³-hybridized carbons (Fsp3) is 0.300. The smallest absolute Gasteiger partial charge is 0.350 e. The zero-order valence-electron chi connectivity index (χ0n) is 17.1. The maximum Gasteiger partial charge on any atom is 0.350 e. The summed E-state index contributed by atoms with van der Waals surface area (Å²) in [6.45, 7) is 1.11. The van der Waals surface area contributed by atoms with Gasteiger partial charge in [-0.2, -0.15) is 0 Å². The summed E-state index contributed by atoms with van der Waals surface area (Å²) in [5.41, 5.74) is 0.289. The molecule has 0 saturated heterocycles. The van der Waals surface area contributed by atoms with E-state index in [1.807, 2.05) is 0 Å². The van der Waals surface area contributed by atoms with Crippen molar-refractivity contribution in [2.75, 3.05) is 33.8 Å². The van der Waals surface area contributed by atoms with Gasteiger partial charge in [-0.3, -0.25) is 4.79 Å². The second-order valence-corrected chi connectivity index (χ2v) is 6.64. The van der Waals surface area contributed by atoms with Crippen LogP contribution in [0.2, 0.25) is 0 Å². The number of amides is 1. The average Bonchev–Trinajstić information content (AvgIpc) is 2.76. The first-order chi connectivity index (χ1) is 14.3. The molecule has 0 heterocycles. The first-order valence-electron chi connectivity index (χ1n) is 8.66. The number of methoxy groups -OCH3 is 4. The van der Waals surface area contributed by atoms with Gasteiger partial charge in [0.1, 0.15) is 5.75 Å². The molecule has 162 valence electrons. The lowest BCUT2D eigenvalue weighted by molar-refractivity contribution is -0.120. The largest absolute Gasteiger partial charge is 0.495 e. The average molecular weight is 439 g/mol. The topological polar surface area (TPSA) is 92.3 Å². The van der Waals surface area contributed by atoms with E-state index in [0.717, 1.165) is 19.0 Å². The van der Waals surface area contributed by atoms with E-state index in [9.17, 15) is 14.0 Å². The lowest BCUT2D eigenvalue weighted by Crippen LogP contribution is -2.21. The molecule has 0 aliphatic heterocycles. The first kappa shape index (κ1) is 23.1. The third-order valence-electron chi connectivity index (χ3n) is 3.91. The van der Waals surface area contributed by atoms with Crippen LogP contribution in [0.4, 0.5) is 10.1 Å². The van der Waals surface area contributed by atoms with Gasteiger partial charge in [0.15, 0.2) is 17.7 Å². The monoisotopic (exact) mass is 439 g/mol. The molecule has 1 unspecified atom stereocenters. The molecule has 2 aromatic carbocycles. The lowest BCUT2D eigenvalue weighted by atomic mass is 10.2. The van der Waals surface area contributed by atoms with Crippen LogP contribution in [0.15, 0.2) is 35.2 Å². The molecule has 0 bridgehead atoms. The number of anilines is 1. The van der Waals surface area contributed by atoms with Gasteiger partial charge in [-0.15, -0.1) is 0 Å². The third-order valence-corrected chi connectivity index (χ3v) is 4.57. The summed E-state index contributed by atoms with van der Waals surface area (Å²) in [4.78, 5) is 24.6. The van der Waals surface area contributed by atoms with E-state index in [4.69, 9.17) is 23.1 Å². The molecule has 0 saturated carbocycles. The van der Waals surface area contributed by atoms with Crippen molar-refractivity contribution < 1.29 is 37.1 Å². The van der Waals surface area contributed by atoms with Gasteiger partial charge in [0.05, 0.1) is 56.6 Å². The van der Waals surface area contributed by atoms with E-state index in [1.165, 1.54) is 46.6 Å². The molecular formula is C20H22FNO7S. The molecular weight excluding hydrogens is 417 g/mol. The molecule has 1 amide bonds. The number of benzene rings is 2. The van der Waals surface area contributed by atoms with Crippen LogP contribution in [-0.2, 0) is 8.98 Å². The molecule has 0 fully saturated rings. The number of carbonyl (C=O) groups excluding carboxylic acids is 2. The highest BCUT2D eigenvalue weighted by Crippen LogP contribution is 2.41. The molecule has 30 heavy (non-hydrogen) atoms. The Morgan fingerprint density at radius 3 is 2.03 bits per heavy atom. The second-order valence-electron chi connectivity index (χ2n) is 5.84. The van der Waals surface area contributed by atoms with Crippen LogP contribution in [0.1, 0.15) is 17.3 Å². The van der Waals surface area contributed by atoms with Crippen molar-refractivity contribution in [2.24, 2.45) is 0 Å². The van der Waals surface area contributed by atoms with Crippen LogP contribution in [-0.4, -0.2) is 46.5 Å². The normalized spacial score (nSPS) is 11.3. The highest BCUT2D eigenvalue weighted by Gasteiger charge is 2.18. The highest BCUT2D eigenvalue weighted by atomic mass is 32.2. The number of hydrogen-bond donors (Lipinski definition) is 1. The SMILES string of the molecule is COc1ccc(C(=O)OSc2cc(OC)c(OC)c(OC)c2)cc1NC(=O)C(C)F. The zero-order chi connectivity index (χ0) is 22.3. The van der Waals surface area contributed by atoms with E-state index in [0.29, 0.717) is 22.1 Å².